The van der Waals surface area contributed by atoms with E-state index < -0.39 is 47.7 Å². The molecular formula is C21H18N4O10S. The first kappa shape index (κ1) is 24.7. The number of rotatable bonds is 6. The van der Waals surface area contributed by atoms with Gasteiger partial charge in [0.15, 0.2) is 4.90 Å². The number of hydrogen-bond acceptors (Lipinski definition) is 11. The van der Waals surface area contributed by atoms with Gasteiger partial charge in [0, 0.05) is 49.4 Å². The van der Waals surface area contributed by atoms with Crippen LogP contribution < -0.4 is 10.5 Å². The third kappa shape index (κ3) is 4.48. The first-order valence-corrected chi connectivity index (χ1v) is 11.8. The zero-order chi connectivity index (χ0) is 26.2. The molecular weight excluding hydrogens is 500 g/mol. The van der Waals surface area contributed by atoms with E-state index in [9.17, 15) is 38.2 Å². The smallest absolute Gasteiger partial charge is 0.351 e. The predicted molar refractivity (Wildman–Crippen MR) is 125 cm³/mol. The normalized spacial score (nSPS) is 14.5. The molecule has 0 amide bonds. The Morgan fingerprint density at radius 1 is 1.00 bits per heavy atom. The molecule has 0 spiro atoms. The van der Waals surface area contributed by atoms with Gasteiger partial charge in [0.1, 0.15) is 11.1 Å². The zero-order valence-electron chi connectivity index (χ0n) is 18.6. The molecule has 2 aromatic carbocycles. The molecule has 0 unspecified atom stereocenters. The van der Waals surface area contributed by atoms with E-state index in [0.717, 1.165) is 23.5 Å². The van der Waals surface area contributed by atoms with Crippen molar-refractivity contribution in [1.82, 2.24) is 4.31 Å². The Morgan fingerprint density at radius 3 is 2.31 bits per heavy atom. The summed E-state index contributed by atoms with van der Waals surface area (Å²) in [7, 11) is -3.16. The number of methoxy groups -OCH3 is 1. The van der Waals surface area contributed by atoms with Gasteiger partial charge in [0.05, 0.1) is 23.0 Å². The minimum atomic E-state index is -4.30. The number of non-ortho nitro benzene ring substituents is 1. The lowest BCUT2D eigenvalue weighted by atomic mass is 10.1. The number of esters is 1. The minimum Gasteiger partial charge on any atom is -0.465 e. The van der Waals surface area contributed by atoms with Crippen molar-refractivity contribution in [2.24, 2.45) is 0 Å². The Morgan fingerprint density at radius 2 is 1.69 bits per heavy atom. The van der Waals surface area contributed by atoms with Crippen molar-refractivity contribution in [3.8, 4) is 0 Å². The van der Waals surface area contributed by atoms with Crippen LogP contribution in [0.25, 0.3) is 11.0 Å². The number of anilines is 1. The molecule has 0 saturated carbocycles. The Balaban J connectivity index is 1.56. The average Bonchev–Trinajstić information content (AvgIpc) is 2.87. The molecule has 1 saturated heterocycles. The van der Waals surface area contributed by atoms with Crippen LogP contribution in [0, 0.1) is 20.2 Å². The van der Waals surface area contributed by atoms with Gasteiger partial charge in [0.25, 0.3) is 11.4 Å². The molecule has 0 N–H and O–H groups in total. The SMILES string of the molecule is COC(=O)c1cc2ccc(N3CCN(S(=O)(=O)c4ccc([N+](=O)[O-])cc4[N+](=O)[O-])CC3)cc2oc1=O. The van der Waals surface area contributed by atoms with Crippen molar-refractivity contribution in [3.63, 3.8) is 0 Å². The number of sulfonamides is 1. The summed E-state index contributed by atoms with van der Waals surface area (Å²) in [6.45, 7) is 0.408. The highest BCUT2D eigenvalue weighted by Crippen LogP contribution is 2.31. The molecule has 0 atom stereocenters. The maximum absolute atomic E-state index is 13.1. The third-order valence-corrected chi connectivity index (χ3v) is 7.64. The molecule has 1 aliphatic heterocycles. The maximum Gasteiger partial charge on any atom is 0.351 e. The fourth-order valence-corrected chi connectivity index (χ4v) is 5.41. The van der Waals surface area contributed by atoms with Crippen LogP contribution in [-0.2, 0) is 14.8 Å². The monoisotopic (exact) mass is 518 g/mol. The number of nitro benzene ring substituents is 2. The first-order chi connectivity index (χ1) is 17.0. The summed E-state index contributed by atoms with van der Waals surface area (Å²) in [5.41, 5.74) is -1.70. The number of benzene rings is 2. The number of nitro groups is 2. The summed E-state index contributed by atoms with van der Waals surface area (Å²) < 4.78 is 37.1. The van der Waals surface area contributed by atoms with Gasteiger partial charge in [0.2, 0.25) is 10.0 Å². The maximum atomic E-state index is 13.1. The largest absolute Gasteiger partial charge is 0.465 e. The van der Waals surface area contributed by atoms with Gasteiger partial charge in [-0.25, -0.2) is 18.0 Å². The van der Waals surface area contributed by atoms with Gasteiger partial charge in [-0.2, -0.15) is 4.31 Å². The van der Waals surface area contributed by atoms with Crippen LogP contribution in [0.2, 0.25) is 0 Å². The van der Waals surface area contributed by atoms with Crippen molar-refractivity contribution >= 4 is 44.0 Å². The molecule has 2 heterocycles. The lowest BCUT2D eigenvalue weighted by Gasteiger charge is -2.35. The van der Waals surface area contributed by atoms with Crippen LogP contribution in [0.3, 0.4) is 0 Å². The van der Waals surface area contributed by atoms with Crippen molar-refractivity contribution < 1.29 is 32.2 Å². The molecule has 188 valence electrons. The van der Waals surface area contributed by atoms with Gasteiger partial charge < -0.3 is 14.1 Å². The average molecular weight is 518 g/mol. The van der Waals surface area contributed by atoms with E-state index in [2.05, 4.69) is 4.74 Å². The van der Waals surface area contributed by atoms with Crippen molar-refractivity contribution in [3.05, 3.63) is 78.7 Å². The lowest BCUT2D eigenvalue weighted by Crippen LogP contribution is -2.48. The summed E-state index contributed by atoms with van der Waals surface area (Å²) in [5.74, 6) is -0.819. The molecule has 0 bridgehead atoms. The predicted octanol–water partition coefficient (Wildman–Crippen LogP) is 1.91. The molecule has 14 nitrogen and oxygen atoms in total. The second-order valence-corrected chi connectivity index (χ2v) is 9.62. The fraction of sp³-hybridized carbons (Fsp3) is 0.238. The van der Waals surface area contributed by atoms with Crippen molar-refractivity contribution in [1.29, 1.82) is 0 Å². The van der Waals surface area contributed by atoms with Gasteiger partial charge >= 0.3 is 11.6 Å². The molecule has 1 aromatic heterocycles. The quantitative estimate of drug-likeness (QED) is 0.201. The van der Waals surface area contributed by atoms with E-state index in [1.165, 1.54) is 6.07 Å². The second-order valence-electron chi connectivity index (χ2n) is 7.72. The summed E-state index contributed by atoms with van der Waals surface area (Å²) >= 11 is 0. The molecule has 15 heteroatoms. The van der Waals surface area contributed by atoms with Crippen molar-refractivity contribution in [2.75, 3.05) is 38.2 Å². The number of piperazine rings is 1. The summed E-state index contributed by atoms with van der Waals surface area (Å²) in [6, 6.07) is 8.70. The van der Waals surface area contributed by atoms with E-state index in [1.54, 1.807) is 18.2 Å². The van der Waals surface area contributed by atoms with E-state index in [4.69, 9.17) is 4.42 Å². The van der Waals surface area contributed by atoms with Crippen LogP contribution in [0.15, 0.2) is 56.6 Å². The number of hydrogen-bond donors (Lipinski definition) is 0. The Labute approximate surface area is 202 Å². The van der Waals surface area contributed by atoms with Crippen molar-refractivity contribution in [2.45, 2.75) is 4.90 Å². The highest BCUT2D eigenvalue weighted by Gasteiger charge is 2.35. The lowest BCUT2D eigenvalue weighted by molar-refractivity contribution is -0.396. The van der Waals surface area contributed by atoms with E-state index >= 15 is 0 Å². The number of fused-ring (bicyclic) bond motifs is 1. The highest BCUT2D eigenvalue weighted by atomic mass is 32.2. The zero-order valence-corrected chi connectivity index (χ0v) is 19.5. The molecule has 4 rings (SSSR count). The number of carbonyl (C=O) groups excluding carboxylic acids is 1. The van der Waals surface area contributed by atoms with Gasteiger partial charge in [-0.05, 0) is 24.3 Å². The molecule has 3 aromatic rings. The van der Waals surface area contributed by atoms with Crippen LogP contribution in [0.4, 0.5) is 17.1 Å². The Bertz CT molecular complexity index is 1560. The number of carbonyl (C=O) groups is 1. The van der Waals surface area contributed by atoms with Crippen LogP contribution in [-0.4, -0.2) is 61.8 Å². The van der Waals surface area contributed by atoms with E-state index in [0.29, 0.717) is 17.1 Å². The number of nitrogens with zero attached hydrogens (tertiary/aromatic N) is 4. The highest BCUT2D eigenvalue weighted by molar-refractivity contribution is 7.89. The molecule has 36 heavy (non-hydrogen) atoms. The summed E-state index contributed by atoms with van der Waals surface area (Å²) in [4.78, 5) is 45.6. The minimum absolute atomic E-state index is 0.0141. The second kappa shape index (κ2) is 9.35. The fourth-order valence-electron chi connectivity index (χ4n) is 3.85. The van der Waals surface area contributed by atoms with Gasteiger partial charge in [-0.15, -0.1) is 0 Å². The topological polar surface area (TPSA) is 183 Å². The third-order valence-electron chi connectivity index (χ3n) is 5.70. The summed E-state index contributed by atoms with van der Waals surface area (Å²) in [6.07, 6.45) is 0. The number of ether oxygens (including phenoxy) is 1. The van der Waals surface area contributed by atoms with Crippen LogP contribution in [0.5, 0.6) is 0 Å². The Hall–Kier alpha value is -4.37. The molecule has 1 fully saturated rings. The van der Waals surface area contributed by atoms with Crippen LogP contribution >= 0.6 is 0 Å². The van der Waals surface area contributed by atoms with E-state index in [-0.39, 0.29) is 37.3 Å². The van der Waals surface area contributed by atoms with Crippen LogP contribution in [0.1, 0.15) is 10.4 Å². The summed E-state index contributed by atoms with van der Waals surface area (Å²) in [5, 5.41) is 22.8. The first-order valence-electron chi connectivity index (χ1n) is 10.4. The molecule has 1 aliphatic rings. The molecule has 0 aliphatic carbocycles. The Kier molecular flexibility index (Phi) is 6.43. The van der Waals surface area contributed by atoms with E-state index in [1.807, 2.05) is 4.90 Å². The van der Waals surface area contributed by atoms with Gasteiger partial charge in [-0.3, -0.25) is 20.2 Å². The van der Waals surface area contributed by atoms with Gasteiger partial charge in [-0.1, -0.05) is 0 Å². The molecule has 0 radical (unpaired) electrons. The standard InChI is InChI=1S/C21H18N4O10S/c1-34-20(26)16-10-13-2-3-14(12-18(13)35-21(16)27)22-6-8-23(9-7-22)36(32,33)19-5-4-15(24(28)29)11-17(19)25(30)31/h2-5,10-12H,6-9H2,1H3.